The van der Waals surface area contributed by atoms with Crippen molar-refractivity contribution in [3.63, 3.8) is 0 Å². The van der Waals surface area contributed by atoms with Crippen molar-refractivity contribution in [2.75, 3.05) is 13.2 Å². The van der Waals surface area contributed by atoms with Crippen LogP contribution < -0.4 is 10.2 Å². The molecular weight excluding hydrogens is 365 g/mol. The second-order valence-corrected chi connectivity index (χ2v) is 5.28. The summed E-state index contributed by atoms with van der Waals surface area (Å²) in [5, 5.41) is 21.7. The number of benzene rings is 2. The number of hydrogen-bond donors (Lipinski definition) is 2. The molecule has 0 atom stereocenters. The molecule has 0 aliphatic heterocycles. The molecule has 0 heterocycles. The molecule has 0 saturated heterocycles. The van der Waals surface area contributed by atoms with Crippen molar-refractivity contribution in [2.24, 2.45) is 5.10 Å². The predicted molar refractivity (Wildman–Crippen MR) is 88.0 cm³/mol. The molecule has 0 amide bonds. The highest BCUT2D eigenvalue weighted by atomic mass is 79.9. The summed E-state index contributed by atoms with van der Waals surface area (Å²) in [7, 11) is 0. The smallest absolute Gasteiger partial charge is 0.145 e. The minimum Gasteiger partial charge on any atom is -0.456 e. The van der Waals surface area contributed by atoms with E-state index in [1.54, 1.807) is 24.4 Å². The zero-order valence-corrected chi connectivity index (χ0v) is 13.5. The molecule has 7 heteroatoms. The molecule has 5 nitrogen and oxygen atoms in total. The van der Waals surface area contributed by atoms with Crippen molar-refractivity contribution >= 4 is 22.1 Å². The van der Waals surface area contributed by atoms with Crippen LogP contribution in [0.5, 0.6) is 11.5 Å². The van der Waals surface area contributed by atoms with Crippen LogP contribution in [0.3, 0.4) is 0 Å². The van der Waals surface area contributed by atoms with Gasteiger partial charge in [0.15, 0.2) is 0 Å². The fourth-order valence-electron chi connectivity index (χ4n) is 1.72. The first kappa shape index (κ1) is 16.9. The van der Waals surface area contributed by atoms with Crippen LogP contribution in [0.2, 0.25) is 0 Å². The van der Waals surface area contributed by atoms with Gasteiger partial charge in [-0.1, -0.05) is 15.9 Å². The Morgan fingerprint density at radius 1 is 1.35 bits per heavy atom. The molecule has 0 fully saturated rings. The van der Waals surface area contributed by atoms with Gasteiger partial charge in [0.05, 0.1) is 24.9 Å². The molecule has 118 valence electrons. The molecule has 0 aliphatic carbocycles. The standard InChI is InChI=1S/C16H13BrFN3O2/c17-15-3-2-14(8-12(15)10-21-20-5-6-22)23-16-4-1-13(18)7-11(16)9-19/h1-4,7-8,10,20,22H,5-6H2. The van der Waals surface area contributed by atoms with Gasteiger partial charge in [0.1, 0.15) is 23.4 Å². The van der Waals surface area contributed by atoms with Gasteiger partial charge in [-0.3, -0.25) is 0 Å². The summed E-state index contributed by atoms with van der Waals surface area (Å²) in [6.07, 6.45) is 1.57. The summed E-state index contributed by atoms with van der Waals surface area (Å²) < 4.78 is 19.6. The molecule has 0 bridgehead atoms. The summed E-state index contributed by atoms with van der Waals surface area (Å²) in [5.41, 5.74) is 3.54. The summed E-state index contributed by atoms with van der Waals surface area (Å²) in [4.78, 5) is 0. The van der Waals surface area contributed by atoms with Gasteiger partial charge in [0, 0.05) is 10.0 Å². The minimum absolute atomic E-state index is 0.0108. The number of halogens is 2. The number of nitriles is 1. The second-order valence-electron chi connectivity index (χ2n) is 4.43. The number of hydrogen-bond acceptors (Lipinski definition) is 5. The van der Waals surface area contributed by atoms with Crippen molar-refractivity contribution in [3.8, 4) is 17.6 Å². The van der Waals surface area contributed by atoms with E-state index in [2.05, 4.69) is 26.5 Å². The fraction of sp³-hybridized carbons (Fsp3) is 0.125. The number of nitrogens with one attached hydrogen (secondary N) is 1. The van der Waals surface area contributed by atoms with Crippen molar-refractivity contribution in [3.05, 3.63) is 57.8 Å². The van der Waals surface area contributed by atoms with E-state index in [0.717, 1.165) is 16.1 Å². The highest BCUT2D eigenvalue weighted by Crippen LogP contribution is 2.28. The Kier molecular flexibility index (Phi) is 6.09. The van der Waals surface area contributed by atoms with Gasteiger partial charge in [-0.05, 0) is 36.4 Å². The van der Waals surface area contributed by atoms with Crippen LogP contribution in [-0.4, -0.2) is 24.5 Å². The predicted octanol–water partition coefficient (Wildman–Crippen LogP) is 3.17. The zero-order chi connectivity index (χ0) is 16.7. The molecule has 0 aliphatic rings. The number of aliphatic hydroxyl groups excluding tert-OH is 1. The van der Waals surface area contributed by atoms with Crippen molar-refractivity contribution in [1.29, 1.82) is 5.26 Å². The molecule has 2 rings (SSSR count). The van der Waals surface area contributed by atoms with Crippen molar-refractivity contribution in [2.45, 2.75) is 0 Å². The first-order valence-electron chi connectivity index (χ1n) is 6.68. The molecule has 2 aromatic rings. The third-order valence-corrected chi connectivity index (χ3v) is 3.50. The van der Waals surface area contributed by atoms with E-state index in [0.29, 0.717) is 12.3 Å². The maximum Gasteiger partial charge on any atom is 0.145 e. The highest BCUT2D eigenvalue weighted by Gasteiger charge is 2.07. The van der Waals surface area contributed by atoms with E-state index in [4.69, 9.17) is 15.1 Å². The largest absolute Gasteiger partial charge is 0.456 e. The van der Waals surface area contributed by atoms with Gasteiger partial charge >= 0.3 is 0 Å². The average molecular weight is 378 g/mol. The van der Waals surface area contributed by atoms with E-state index in [1.165, 1.54) is 12.1 Å². The van der Waals surface area contributed by atoms with Crippen LogP contribution in [0.1, 0.15) is 11.1 Å². The van der Waals surface area contributed by atoms with Gasteiger partial charge in [-0.15, -0.1) is 0 Å². The van der Waals surface area contributed by atoms with Crippen LogP contribution in [-0.2, 0) is 0 Å². The third kappa shape index (κ3) is 4.77. The van der Waals surface area contributed by atoms with E-state index in [1.807, 2.05) is 6.07 Å². The van der Waals surface area contributed by atoms with E-state index >= 15 is 0 Å². The lowest BCUT2D eigenvalue weighted by molar-refractivity contribution is 0.294. The average Bonchev–Trinajstić information content (AvgIpc) is 2.55. The summed E-state index contributed by atoms with van der Waals surface area (Å²) in [5.74, 6) is 0.268. The number of aliphatic hydroxyl groups is 1. The molecule has 2 aromatic carbocycles. The monoisotopic (exact) mass is 377 g/mol. The molecule has 0 spiro atoms. The first-order valence-corrected chi connectivity index (χ1v) is 7.47. The normalized spacial score (nSPS) is 10.5. The summed E-state index contributed by atoms with van der Waals surface area (Å²) in [6.45, 7) is 0.342. The quantitative estimate of drug-likeness (QED) is 0.460. The van der Waals surface area contributed by atoms with Gasteiger partial charge in [-0.25, -0.2) is 4.39 Å². The van der Waals surface area contributed by atoms with Gasteiger partial charge in [0.25, 0.3) is 0 Å². The van der Waals surface area contributed by atoms with E-state index in [9.17, 15) is 4.39 Å². The van der Waals surface area contributed by atoms with Crippen LogP contribution in [0.25, 0.3) is 0 Å². The number of ether oxygens (including phenoxy) is 1. The number of rotatable bonds is 6. The third-order valence-electron chi connectivity index (χ3n) is 2.78. The van der Waals surface area contributed by atoms with Crippen LogP contribution in [0.15, 0.2) is 46.0 Å². The van der Waals surface area contributed by atoms with E-state index in [-0.39, 0.29) is 17.9 Å². The topological polar surface area (TPSA) is 77.6 Å². The Morgan fingerprint density at radius 3 is 2.91 bits per heavy atom. The van der Waals surface area contributed by atoms with Crippen molar-refractivity contribution < 1.29 is 14.2 Å². The maximum atomic E-state index is 13.1. The number of nitrogens with zero attached hydrogens (tertiary/aromatic N) is 2. The van der Waals surface area contributed by atoms with Gasteiger partial charge < -0.3 is 15.3 Å². The lowest BCUT2D eigenvalue weighted by Gasteiger charge is -2.09. The molecule has 0 aromatic heterocycles. The second kappa shape index (κ2) is 8.27. The Morgan fingerprint density at radius 2 is 2.17 bits per heavy atom. The lowest BCUT2D eigenvalue weighted by Crippen LogP contribution is -2.11. The Labute approximate surface area is 141 Å². The van der Waals surface area contributed by atoms with Crippen LogP contribution in [0.4, 0.5) is 4.39 Å². The molecule has 23 heavy (non-hydrogen) atoms. The molecule has 2 N–H and O–H groups in total. The maximum absolute atomic E-state index is 13.1. The zero-order valence-electron chi connectivity index (χ0n) is 12.0. The van der Waals surface area contributed by atoms with Gasteiger partial charge in [-0.2, -0.15) is 10.4 Å². The van der Waals surface area contributed by atoms with Gasteiger partial charge in [0.2, 0.25) is 0 Å². The fourth-order valence-corrected chi connectivity index (χ4v) is 2.07. The highest BCUT2D eigenvalue weighted by molar-refractivity contribution is 9.10. The lowest BCUT2D eigenvalue weighted by atomic mass is 10.2. The Hall–Kier alpha value is -2.43. The number of hydrazone groups is 1. The Bertz CT molecular complexity index is 759. The van der Waals surface area contributed by atoms with Crippen molar-refractivity contribution in [1.82, 2.24) is 5.43 Å². The molecule has 0 radical (unpaired) electrons. The molecule has 0 saturated carbocycles. The molecular formula is C16H13BrFN3O2. The molecule has 0 unspecified atom stereocenters. The van der Waals surface area contributed by atoms with Crippen LogP contribution >= 0.6 is 15.9 Å². The Balaban J connectivity index is 2.21. The van der Waals surface area contributed by atoms with E-state index < -0.39 is 5.82 Å². The van der Waals surface area contributed by atoms with Crippen LogP contribution in [0, 0.1) is 17.1 Å². The minimum atomic E-state index is -0.493. The summed E-state index contributed by atoms with van der Waals surface area (Å²) in [6, 6.07) is 10.9. The SMILES string of the molecule is N#Cc1cc(F)ccc1Oc1ccc(Br)c(C=NNCCO)c1. The first-order chi connectivity index (χ1) is 11.1. The summed E-state index contributed by atoms with van der Waals surface area (Å²) >= 11 is 3.40.